The second-order valence-corrected chi connectivity index (χ2v) is 7.95. The van der Waals surface area contributed by atoms with Gasteiger partial charge in [-0.15, -0.1) is 11.6 Å². The number of hydrogen-bond acceptors (Lipinski definition) is 4. The van der Waals surface area contributed by atoms with Gasteiger partial charge in [0.2, 0.25) is 0 Å². The Labute approximate surface area is 167 Å². The Hall–Kier alpha value is -2.57. The van der Waals surface area contributed by atoms with Gasteiger partial charge in [0.05, 0.1) is 22.3 Å². The number of halogens is 1. The summed E-state index contributed by atoms with van der Waals surface area (Å²) in [5.74, 6) is -0.248. The van der Waals surface area contributed by atoms with Crippen molar-refractivity contribution in [3.8, 4) is 0 Å². The van der Waals surface area contributed by atoms with Crippen LogP contribution in [-0.4, -0.2) is 33.0 Å². The number of pyridine rings is 1. The second kappa shape index (κ2) is 7.98. The summed E-state index contributed by atoms with van der Waals surface area (Å²) in [6.45, 7) is 5.85. The maximum Gasteiger partial charge on any atom is 0.263 e. The van der Waals surface area contributed by atoms with Crippen molar-refractivity contribution in [2.45, 2.75) is 11.6 Å². The van der Waals surface area contributed by atoms with Gasteiger partial charge in [-0.3, -0.25) is 4.79 Å². The Kier molecular flexibility index (Phi) is 5.68. The van der Waals surface area contributed by atoms with E-state index in [0.29, 0.717) is 5.56 Å². The van der Waals surface area contributed by atoms with Crippen LogP contribution < -0.4 is 4.90 Å². The molecule has 0 saturated heterocycles. The Morgan fingerprint density at radius 3 is 2.70 bits per heavy atom. The van der Waals surface area contributed by atoms with Crippen LogP contribution in [0.5, 0.6) is 0 Å². The molecule has 7 heteroatoms. The van der Waals surface area contributed by atoms with E-state index in [4.69, 9.17) is 17.0 Å². The number of alkyl halides is 1. The zero-order valence-electron chi connectivity index (χ0n) is 15.0. The molecule has 27 heavy (non-hydrogen) atoms. The molecule has 3 rings (SSSR count). The fourth-order valence-electron chi connectivity index (χ4n) is 2.57. The summed E-state index contributed by atoms with van der Waals surface area (Å²) < 4.78 is 0.935. The first-order valence-corrected chi connectivity index (χ1v) is 9.55. The van der Waals surface area contributed by atoms with Gasteiger partial charge in [0, 0.05) is 24.5 Å². The number of aromatic nitrogens is 2. The van der Waals surface area contributed by atoms with E-state index in [9.17, 15) is 4.79 Å². The van der Waals surface area contributed by atoms with Crippen LogP contribution >= 0.6 is 23.4 Å². The highest BCUT2D eigenvalue weighted by Crippen LogP contribution is 2.30. The first-order chi connectivity index (χ1) is 12.9. The van der Waals surface area contributed by atoms with Crippen LogP contribution in [0.4, 0.5) is 5.69 Å². The summed E-state index contributed by atoms with van der Waals surface area (Å²) in [6, 6.07) is 13.3. The molecule has 5 nitrogen and oxygen atoms in total. The van der Waals surface area contributed by atoms with Gasteiger partial charge in [-0.05, 0) is 31.2 Å². The topological polar surface area (TPSA) is 61.5 Å². The summed E-state index contributed by atoms with van der Waals surface area (Å²) >= 11 is 7.47. The molecule has 2 aromatic heterocycles. The number of likely N-dealkylation sites (N-methyl/N-ethyl adjacent to an activating group) is 1. The van der Waals surface area contributed by atoms with Gasteiger partial charge in [-0.2, -0.15) is 5.10 Å². The van der Waals surface area contributed by atoms with Crippen molar-refractivity contribution >= 4 is 46.2 Å². The predicted molar refractivity (Wildman–Crippen MR) is 113 cm³/mol. The van der Waals surface area contributed by atoms with Crippen LogP contribution in [0.3, 0.4) is 0 Å². The Balaban J connectivity index is 1.70. The summed E-state index contributed by atoms with van der Waals surface area (Å²) in [4.78, 5) is 14.4. The number of nitrogens with zero attached hydrogens (tertiary/aromatic N) is 3. The summed E-state index contributed by atoms with van der Waals surface area (Å²) in [5, 5.41) is 12.6. The van der Waals surface area contributed by atoms with Gasteiger partial charge < -0.3 is 10.3 Å². The van der Waals surface area contributed by atoms with Crippen molar-refractivity contribution in [2.75, 3.05) is 11.9 Å². The van der Waals surface area contributed by atoms with E-state index in [2.05, 4.69) is 11.7 Å². The number of carbonyl (C=O) groups is 1. The molecule has 0 fully saturated rings. The predicted octanol–water partition coefficient (Wildman–Crippen LogP) is 4.49. The van der Waals surface area contributed by atoms with E-state index in [0.717, 1.165) is 28.5 Å². The molecule has 1 atom stereocenters. The maximum atomic E-state index is 12.6. The van der Waals surface area contributed by atoms with E-state index in [1.807, 2.05) is 55.6 Å². The molecule has 0 bridgehead atoms. The lowest BCUT2D eigenvalue weighted by Crippen LogP contribution is -2.27. The van der Waals surface area contributed by atoms with Crippen LogP contribution in [0.15, 0.2) is 66.3 Å². The van der Waals surface area contributed by atoms with Crippen molar-refractivity contribution in [3.05, 3.63) is 77.5 Å². The minimum absolute atomic E-state index is 0.190. The molecule has 138 valence electrons. The molecule has 0 spiro atoms. The highest BCUT2D eigenvalue weighted by molar-refractivity contribution is 8.06. The molecule has 0 radical (unpaired) electrons. The number of nitrogens with one attached hydrogen (secondary N) is 1. The number of amides is 1. The molecule has 1 N–H and O–H groups in total. The van der Waals surface area contributed by atoms with E-state index in [1.165, 1.54) is 4.90 Å². The highest BCUT2D eigenvalue weighted by Gasteiger charge is 2.23. The summed E-state index contributed by atoms with van der Waals surface area (Å²) in [6.07, 6.45) is 3.41. The van der Waals surface area contributed by atoms with Crippen molar-refractivity contribution in [1.82, 2.24) is 9.61 Å². The van der Waals surface area contributed by atoms with E-state index >= 15 is 0 Å². The van der Waals surface area contributed by atoms with E-state index < -0.39 is 4.71 Å². The third kappa shape index (κ3) is 4.07. The van der Waals surface area contributed by atoms with E-state index in [1.54, 1.807) is 17.8 Å². The van der Waals surface area contributed by atoms with Gasteiger partial charge >= 0.3 is 0 Å². The lowest BCUT2D eigenvalue weighted by Gasteiger charge is -2.19. The van der Waals surface area contributed by atoms with Crippen LogP contribution in [0.1, 0.15) is 11.1 Å². The second-order valence-electron chi connectivity index (χ2n) is 6.06. The van der Waals surface area contributed by atoms with Gasteiger partial charge in [-0.25, -0.2) is 4.52 Å². The molecular formula is C20H19ClN4OS. The lowest BCUT2D eigenvalue weighted by molar-refractivity contribution is -0.114. The monoisotopic (exact) mass is 398 g/mol. The Bertz CT molecular complexity index is 1010. The van der Waals surface area contributed by atoms with Crippen LogP contribution in [0, 0.1) is 12.3 Å². The quantitative estimate of drug-likeness (QED) is 0.378. The molecule has 0 aliphatic heterocycles. The SMILES string of the molecule is C=C(SC(Cl)C(=N)c1cnn2ccccc12)C(=O)N(C)c1ccc(C)cc1. The smallest absolute Gasteiger partial charge is 0.263 e. The molecule has 1 amide bonds. The first-order valence-electron chi connectivity index (χ1n) is 8.24. The third-order valence-electron chi connectivity index (χ3n) is 4.15. The molecule has 0 aliphatic carbocycles. The van der Waals surface area contributed by atoms with Crippen LogP contribution in [-0.2, 0) is 4.79 Å². The van der Waals surface area contributed by atoms with E-state index in [-0.39, 0.29) is 16.5 Å². The average Bonchev–Trinajstić information content (AvgIpc) is 3.10. The zero-order valence-corrected chi connectivity index (χ0v) is 16.6. The lowest BCUT2D eigenvalue weighted by atomic mass is 10.2. The average molecular weight is 399 g/mol. The molecule has 0 saturated carbocycles. The minimum Gasteiger partial charge on any atom is -0.311 e. The van der Waals surface area contributed by atoms with Crippen LogP contribution in [0.25, 0.3) is 5.52 Å². The molecule has 2 heterocycles. The molecule has 1 unspecified atom stereocenters. The van der Waals surface area contributed by atoms with Crippen molar-refractivity contribution in [1.29, 1.82) is 5.41 Å². The molecule has 3 aromatic rings. The maximum absolute atomic E-state index is 12.6. The summed E-state index contributed by atoms with van der Waals surface area (Å²) in [5.41, 5.74) is 3.51. The number of anilines is 1. The number of thioether (sulfide) groups is 1. The molecular weight excluding hydrogens is 380 g/mol. The Morgan fingerprint density at radius 1 is 1.30 bits per heavy atom. The molecule has 1 aromatic carbocycles. The number of hydrogen-bond donors (Lipinski definition) is 1. The normalized spacial score (nSPS) is 12.0. The minimum atomic E-state index is -0.749. The van der Waals surface area contributed by atoms with Gasteiger partial charge in [0.1, 0.15) is 4.71 Å². The first kappa shape index (κ1) is 19.2. The Morgan fingerprint density at radius 2 is 2.00 bits per heavy atom. The third-order valence-corrected chi connectivity index (χ3v) is 5.54. The van der Waals surface area contributed by atoms with Gasteiger partial charge in [0.25, 0.3) is 5.91 Å². The highest BCUT2D eigenvalue weighted by atomic mass is 35.5. The number of benzene rings is 1. The van der Waals surface area contributed by atoms with Crippen molar-refractivity contribution in [2.24, 2.45) is 0 Å². The number of carbonyl (C=O) groups excluding carboxylic acids is 1. The molecule has 0 aliphatic rings. The standard InChI is InChI=1S/C20H19ClN4OS/c1-13-7-9-15(10-8-13)24(3)20(26)14(2)27-19(21)18(22)16-12-23-25-11-5-4-6-17(16)25/h4-12,19,22H,2H2,1,3H3. The van der Waals surface area contributed by atoms with Gasteiger partial charge in [0.15, 0.2) is 0 Å². The largest absolute Gasteiger partial charge is 0.311 e. The summed E-state index contributed by atoms with van der Waals surface area (Å²) in [7, 11) is 1.69. The fraction of sp³-hybridized carbons (Fsp3) is 0.150. The van der Waals surface area contributed by atoms with Crippen molar-refractivity contribution in [3.63, 3.8) is 0 Å². The number of rotatable bonds is 6. The van der Waals surface area contributed by atoms with Gasteiger partial charge in [-0.1, -0.05) is 42.1 Å². The fourth-order valence-corrected chi connectivity index (χ4v) is 3.74. The number of aryl methyl sites for hydroxylation is 1. The van der Waals surface area contributed by atoms with Crippen LogP contribution in [0.2, 0.25) is 0 Å². The number of fused-ring (bicyclic) bond motifs is 1. The zero-order chi connectivity index (χ0) is 19.6. The van der Waals surface area contributed by atoms with Crippen molar-refractivity contribution < 1.29 is 4.79 Å².